The quantitative estimate of drug-likeness (QED) is 0.644. The second-order valence-electron chi connectivity index (χ2n) is 6.70. The lowest BCUT2D eigenvalue weighted by molar-refractivity contribution is -0.120. The van der Waals surface area contributed by atoms with E-state index in [0.29, 0.717) is 22.7 Å². The van der Waals surface area contributed by atoms with Gasteiger partial charge in [-0.2, -0.15) is 0 Å². The van der Waals surface area contributed by atoms with Crippen LogP contribution in [-0.4, -0.2) is 57.3 Å². The van der Waals surface area contributed by atoms with Gasteiger partial charge in [-0.25, -0.2) is 13.4 Å². The molecule has 1 amide bonds. The lowest BCUT2D eigenvalue weighted by Gasteiger charge is -2.23. The van der Waals surface area contributed by atoms with Crippen molar-refractivity contribution >= 4 is 49.6 Å². The van der Waals surface area contributed by atoms with Gasteiger partial charge in [-0.1, -0.05) is 30.0 Å². The SMILES string of the molecule is C[C@]1(NC(=O)CSc2nnc3c(n2)[nH]c2ccccc23)CCS(=O)(=O)C1. The van der Waals surface area contributed by atoms with E-state index in [2.05, 4.69) is 25.5 Å². The molecule has 4 rings (SSSR count). The van der Waals surface area contributed by atoms with E-state index in [1.165, 1.54) is 11.8 Å². The van der Waals surface area contributed by atoms with Crippen molar-refractivity contribution < 1.29 is 13.2 Å². The van der Waals surface area contributed by atoms with Crippen LogP contribution < -0.4 is 5.32 Å². The molecule has 0 radical (unpaired) electrons. The van der Waals surface area contributed by atoms with Crippen molar-refractivity contribution in [2.75, 3.05) is 17.3 Å². The molecule has 1 atom stereocenters. The summed E-state index contributed by atoms with van der Waals surface area (Å²) in [4.78, 5) is 19.8. The Kier molecular flexibility index (Phi) is 4.11. The van der Waals surface area contributed by atoms with Gasteiger partial charge in [0.05, 0.1) is 22.8 Å². The fraction of sp³-hybridized carbons (Fsp3) is 0.375. The highest BCUT2D eigenvalue weighted by molar-refractivity contribution is 7.99. The van der Waals surface area contributed by atoms with Crippen LogP contribution in [0.1, 0.15) is 13.3 Å². The van der Waals surface area contributed by atoms with Gasteiger partial charge in [0, 0.05) is 10.9 Å². The normalized spacial score (nSPS) is 22.0. The Morgan fingerprint density at radius 1 is 1.35 bits per heavy atom. The number of aromatic amines is 1. The first-order chi connectivity index (χ1) is 12.3. The first-order valence-electron chi connectivity index (χ1n) is 8.09. The number of thioether (sulfide) groups is 1. The monoisotopic (exact) mass is 391 g/mol. The minimum Gasteiger partial charge on any atom is -0.349 e. The van der Waals surface area contributed by atoms with E-state index in [1.54, 1.807) is 6.92 Å². The number of carbonyl (C=O) groups is 1. The van der Waals surface area contributed by atoms with E-state index in [0.717, 1.165) is 10.9 Å². The summed E-state index contributed by atoms with van der Waals surface area (Å²) >= 11 is 1.17. The molecule has 0 spiro atoms. The lowest BCUT2D eigenvalue weighted by Crippen LogP contribution is -2.47. The molecule has 3 aromatic rings. The first-order valence-corrected chi connectivity index (χ1v) is 10.9. The molecule has 8 nitrogen and oxygen atoms in total. The van der Waals surface area contributed by atoms with Gasteiger partial charge in [-0.15, -0.1) is 10.2 Å². The Morgan fingerprint density at radius 2 is 2.15 bits per heavy atom. The predicted octanol–water partition coefficient (Wildman–Crippen LogP) is 1.29. The van der Waals surface area contributed by atoms with Crippen molar-refractivity contribution in [3.05, 3.63) is 24.3 Å². The zero-order valence-electron chi connectivity index (χ0n) is 14.0. The predicted molar refractivity (Wildman–Crippen MR) is 99.7 cm³/mol. The number of amides is 1. The van der Waals surface area contributed by atoms with E-state index in [-0.39, 0.29) is 23.2 Å². The second-order valence-corrected chi connectivity index (χ2v) is 9.83. The molecule has 10 heteroatoms. The van der Waals surface area contributed by atoms with Crippen LogP contribution in [0.3, 0.4) is 0 Å². The van der Waals surface area contributed by atoms with Crippen LogP contribution >= 0.6 is 11.8 Å². The highest BCUT2D eigenvalue weighted by Crippen LogP contribution is 2.25. The summed E-state index contributed by atoms with van der Waals surface area (Å²) < 4.78 is 23.2. The van der Waals surface area contributed by atoms with Crippen molar-refractivity contribution in [2.45, 2.75) is 24.0 Å². The number of sulfone groups is 1. The average molecular weight is 391 g/mol. The third kappa shape index (κ3) is 3.38. The Hall–Kier alpha value is -2.20. The molecule has 2 aromatic heterocycles. The van der Waals surface area contributed by atoms with Crippen LogP contribution in [0.2, 0.25) is 0 Å². The Bertz CT molecular complexity index is 1110. The molecular formula is C16H17N5O3S2. The zero-order valence-corrected chi connectivity index (χ0v) is 15.7. The minimum atomic E-state index is -3.06. The van der Waals surface area contributed by atoms with Gasteiger partial charge in [0.2, 0.25) is 11.1 Å². The summed E-state index contributed by atoms with van der Waals surface area (Å²) in [6.07, 6.45) is 0.435. The molecule has 26 heavy (non-hydrogen) atoms. The number of nitrogens with one attached hydrogen (secondary N) is 2. The van der Waals surface area contributed by atoms with Crippen molar-refractivity contribution in [3.63, 3.8) is 0 Å². The molecule has 0 aliphatic carbocycles. The molecule has 3 heterocycles. The number of benzene rings is 1. The van der Waals surface area contributed by atoms with Crippen molar-refractivity contribution in [1.29, 1.82) is 0 Å². The maximum atomic E-state index is 12.2. The van der Waals surface area contributed by atoms with Crippen molar-refractivity contribution in [3.8, 4) is 0 Å². The van der Waals surface area contributed by atoms with E-state index in [9.17, 15) is 13.2 Å². The molecule has 0 saturated carbocycles. The minimum absolute atomic E-state index is 0.0184. The number of carbonyl (C=O) groups excluding carboxylic acids is 1. The fourth-order valence-corrected chi connectivity index (χ4v) is 5.86. The van der Waals surface area contributed by atoms with E-state index in [4.69, 9.17) is 0 Å². The number of hydrogen-bond acceptors (Lipinski definition) is 7. The molecule has 0 unspecified atom stereocenters. The number of para-hydroxylation sites is 1. The van der Waals surface area contributed by atoms with Gasteiger partial charge >= 0.3 is 0 Å². The number of nitrogens with zero attached hydrogens (tertiary/aromatic N) is 3. The van der Waals surface area contributed by atoms with Crippen molar-refractivity contribution in [2.24, 2.45) is 0 Å². The number of aromatic nitrogens is 4. The third-order valence-corrected chi connectivity index (χ3v) is 7.12. The number of rotatable bonds is 4. The van der Waals surface area contributed by atoms with Crippen LogP contribution in [0, 0.1) is 0 Å². The Balaban J connectivity index is 1.44. The summed E-state index contributed by atoms with van der Waals surface area (Å²) in [5.41, 5.74) is 1.55. The van der Waals surface area contributed by atoms with Gasteiger partial charge in [0.15, 0.2) is 15.5 Å². The summed E-state index contributed by atoms with van der Waals surface area (Å²) in [6, 6.07) is 7.74. The Labute approximate surface area is 154 Å². The fourth-order valence-electron chi connectivity index (χ4n) is 3.18. The van der Waals surface area contributed by atoms with Gasteiger partial charge < -0.3 is 10.3 Å². The first kappa shape index (κ1) is 17.2. The molecule has 1 aliphatic heterocycles. The lowest BCUT2D eigenvalue weighted by atomic mass is 10.0. The molecule has 1 fully saturated rings. The summed E-state index contributed by atoms with van der Waals surface area (Å²) in [5, 5.41) is 12.4. The number of hydrogen-bond donors (Lipinski definition) is 2. The second kappa shape index (κ2) is 6.20. The average Bonchev–Trinajstić information content (AvgIpc) is 3.08. The largest absolute Gasteiger partial charge is 0.349 e. The van der Waals surface area contributed by atoms with E-state index < -0.39 is 15.4 Å². The number of fused-ring (bicyclic) bond motifs is 3. The smallest absolute Gasteiger partial charge is 0.230 e. The van der Waals surface area contributed by atoms with E-state index in [1.807, 2.05) is 24.3 Å². The molecule has 136 valence electrons. The van der Waals surface area contributed by atoms with Gasteiger partial charge in [0.25, 0.3) is 0 Å². The van der Waals surface area contributed by atoms with Crippen LogP contribution in [0.15, 0.2) is 29.4 Å². The molecule has 1 saturated heterocycles. The van der Waals surface area contributed by atoms with Crippen molar-refractivity contribution in [1.82, 2.24) is 25.5 Å². The highest BCUT2D eigenvalue weighted by atomic mass is 32.2. The van der Waals surface area contributed by atoms with E-state index >= 15 is 0 Å². The molecular weight excluding hydrogens is 374 g/mol. The number of H-pyrrole nitrogens is 1. The standard InChI is InChI=1S/C16H17N5O3S2/c1-16(6-7-26(23,24)9-16)19-12(22)8-25-15-18-14-13(20-21-15)10-4-2-3-5-11(10)17-14/h2-5H,6-9H2,1H3,(H,19,22)(H,17,18,21)/t16-/m0/s1. The highest BCUT2D eigenvalue weighted by Gasteiger charge is 2.39. The molecule has 1 aliphatic rings. The van der Waals surface area contributed by atoms with Gasteiger partial charge in [0.1, 0.15) is 5.52 Å². The maximum Gasteiger partial charge on any atom is 0.230 e. The molecule has 1 aromatic carbocycles. The molecule has 2 N–H and O–H groups in total. The van der Waals surface area contributed by atoms with Gasteiger partial charge in [-0.3, -0.25) is 4.79 Å². The van der Waals surface area contributed by atoms with Crippen LogP contribution in [0.5, 0.6) is 0 Å². The summed E-state index contributed by atoms with van der Waals surface area (Å²) in [5.74, 6) is -0.0468. The maximum absolute atomic E-state index is 12.2. The topological polar surface area (TPSA) is 118 Å². The van der Waals surface area contributed by atoms with Gasteiger partial charge in [-0.05, 0) is 19.4 Å². The van der Waals surface area contributed by atoms with Crippen LogP contribution in [0.4, 0.5) is 0 Å². The Morgan fingerprint density at radius 3 is 2.92 bits per heavy atom. The zero-order chi connectivity index (χ0) is 18.4. The summed E-state index contributed by atoms with van der Waals surface area (Å²) in [6.45, 7) is 1.76. The molecule has 0 bridgehead atoms. The third-order valence-electron chi connectivity index (χ3n) is 4.38. The van der Waals surface area contributed by atoms with Crippen LogP contribution in [0.25, 0.3) is 22.1 Å². The van der Waals surface area contributed by atoms with Crippen LogP contribution in [-0.2, 0) is 14.6 Å². The summed E-state index contributed by atoms with van der Waals surface area (Å²) in [7, 11) is -3.06.